The second kappa shape index (κ2) is 7.84. The van der Waals surface area contributed by atoms with Gasteiger partial charge in [0.05, 0.1) is 37.1 Å². The van der Waals surface area contributed by atoms with E-state index in [0.29, 0.717) is 28.5 Å². The van der Waals surface area contributed by atoms with E-state index in [1.54, 1.807) is 35.2 Å². The van der Waals surface area contributed by atoms with Gasteiger partial charge in [0.25, 0.3) is 5.91 Å². The highest BCUT2D eigenvalue weighted by atomic mass is 32.2. The zero-order valence-electron chi connectivity index (χ0n) is 14.8. The first-order valence-corrected chi connectivity index (χ1v) is 9.69. The van der Waals surface area contributed by atoms with Crippen LogP contribution >= 0.6 is 23.1 Å². The van der Waals surface area contributed by atoms with Gasteiger partial charge >= 0.3 is 0 Å². The van der Waals surface area contributed by atoms with E-state index in [-0.39, 0.29) is 5.91 Å². The number of methoxy groups -OCH3 is 3. The van der Waals surface area contributed by atoms with Crippen molar-refractivity contribution in [1.29, 1.82) is 0 Å². The van der Waals surface area contributed by atoms with Gasteiger partial charge in [-0.05, 0) is 24.5 Å². The molecule has 1 N–H and O–H groups in total. The number of anilines is 1. The summed E-state index contributed by atoms with van der Waals surface area (Å²) in [5.41, 5.74) is 1.97. The highest BCUT2D eigenvalue weighted by Gasteiger charge is 2.18. The van der Waals surface area contributed by atoms with E-state index in [4.69, 9.17) is 14.2 Å². The third kappa shape index (κ3) is 3.56. The van der Waals surface area contributed by atoms with Crippen LogP contribution in [-0.4, -0.2) is 38.5 Å². The summed E-state index contributed by atoms with van der Waals surface area (Å²) in [5, 5.41) is 2.90. The van der Waals surface area contributed by atoms with Gasteiger partial charge in [-0.3, -0.25) is 4.79 Å². The summed E-state index contributed by atoms with van der Waals surface area (Å²) < 4.78 is 17.9. The molecule has 0 spiro atoms. The maximum atomic E-state index is 12.8. The van der Waals surface area contributed by atoms with Crippen molar-refractivity contribution in [2.24, 2.45) is 0 Å². The van der Waals surface area contributed by atoms with Gasteiger partial charge in [-0.2, -0.15) is 0 Å². The Morgan fingerprint density at radius 3 is 2.38 bits per heavy atom. The topological polar surface area (TPSA) is 69.7 Å². The Kier molecular flexibility index (Phi) is 5.53. The maximum Gasteiger partial charge on any atom is 0.259 e. The minimum atomic E-state index is -0.295. The lowest BCUT2D eigenvalue weighted by Gasteiger charge is -2.14. The zero-order valence-corrected chi connectivity index (χ0v) is 16.4. The van der Waals surface area contributed by atoms with Crippen molar-refractivity contribution in [1.82, 2.24) is 4.98 Å². The molecule has 26 heavy (non-hydrogen) atoms. The average Bonchev–Trinajstić information content (AvgIpc) is 3.09. The number of ether oxygens (including phenoxy) is 3. The summed E-state index contributed by atoms with van der Waals surface area (Å²) in [6, 6.07) is 8.87. The molecule has 136 valence electrons. The van der Waals surface area contributed by atoms with E-state index < -0.39 is 0 Å². The van der Waals surface area contributed by atoms with Gasteiger partial charge in [-0.25, -0.2) is 4.98 Å². The molecule has 3 aromatic rings. The Bertz CT molecular complexity index is 956. The number of thiazole rings is 1. The van der Waals surface area contributed by atoms with Gasteiger partial charge in [0.2, 0.25) is 0 Å². The number of hydrogen-bond acceptors (Lipinski definition) is 7. The van der Waals surface area contributed by atoms with Crippen LogP contribution in [-0.2, 0) is 0 Å². The van der Waals surface area contributed by atoms with E-state index in [2.05, 4.69) is 10.3 Å². The van der Waals surface area contributed by atoms with Crippen molar-refractivity contribution in [3.05, 3.63) is 35.9 Å². The lowest BCUT2D eigenvalue weighted by Crippen LogP contribution is -2.13. The molecule has 0 aliphatic heterocycles. The minimum absolute atomic E-state index is 0.295. The van der Waals surface area contributed by atoms with Gasteiger partial charge in [0.1, 0.15) is 5.75 Å². The molecular weight excluding hydrogens is 372 g/mol. The Morgan fingerprint density at radius 1 is 1.04 bits per heavy atom. The predicted molar refractivity (Wildman–Crippen MR) is 105 cm³/mol. The molecule has 0 aliphatic rings. The summed E-state index contributed by atoms with van der Waals surface area (Å²) >= 11 is 3.19. The zero-order chi connectivity index (χ0) is 18.7. The molecule has 8 heteroatoms. The molecule has 1 amide bonds. The van der Waals surface area contributed by atoms with Crippen molar-refractivity contribution in [2.45, 2.75) is 4.34 Å². The summed E-state index contributed by atoms with van der Waals surface area (Å²) in [5.74, 6) is 1.07. The average molecular weight is 390 g/mol. The summed E-state index contributed by atoms with van der Waals surface area (Å²) in [6.07, 6.45) is 1.99. The Morgan fingerprint density at radius 2 is 1.73 bits per heavy atom. The third-order valence-electron chi connectivity index (χ3n) is 3.75. The molecule has 3 rings (SSSR count). The predicted octanol–water partition coefficient (Wildman–Crippen LogP) is 4.30. The van der Waals surface area contributed by atoms with Crippen molar-refractivity contribution in [2.75, 3.05) is 32.9 Å². The van der Waals surface area contributed by atoms with Crippen LogP contribution in [0, 0.1) is 0 Å². The number of amides is 1. The Balaban J connectivity index is 1.92. The van der Waals surface area contributed by atoms with E-state index in [0.717, 1.165) is 14.6 Å². The quantitative estimate of drug-likeness (QED) is 0.633. The fourth-order valence-corrected chi connectivity index (χ4v) is 4.00. The van der Waals surface area contributed by atoms with Crippen LogP contribution in [0.5, 0.6) is 17.2 Å². The van der Waals surface area contributed by atoms with E-state index in [1.807, 2.05) is 24.5 Å². The van der Waals surface area contributed by atoms with Crippen LogP contribution in [0.4, 0.5) is 5.69 Å². The van der Waals surface area contributed by atoms with Crippen LogP contribution in [0.3, 0.4) is 0 Å². The van der Waals surface area contributed by atoms with Gasteiger partial charge in [-0.15, -0.1) is 11.3 Å². The molecule has 6 nitrogen and oxygen atoms in total. The van der Waals surface area contributed by atoms with E-state index >= 15 is 0 Å². The van der Waals surface area contributed by atoms with Crippen LogP contribution in [0.1, 0.15) is 10.4 Å². The van der Waals surface area contributed by atoms with Crippen molar-refractivity contribution in [3.8, 4) is 17.2 Å². The first-order valence-electron chi connectivity index (χ1n) is 7.65. The Labute approximate surface area is 159 Å². The number of carbonyl (C=O) groups is 1. The number of fused-ring (bicyclic) bond motifs is 1. The molecule has 0 bridgehead atoms. The second-order valence-corrected chi connectivity index (χ2v) is 7.31. The molecule has 1 aromatic heterocycles. The Hall–Kier alpha value is -2.45. The molecule has 0 aliphatic carbocycles. The van der Waals surface area contributed by atoms with Crippen LogP contribution in [0.15, 0.2) is 34.7 Å². The highest BCUT2D eigenvalue weighted by molar-refractivity contribution is 8.00. The minimum Gasteiger partial charge on any atom is -0.496 e. The largest absolute Gasteiger partial charge is 0.496 e. The van der Waals surface area contributed by atoms with Crippen LogP contribution < -0.4 is 19.5 Å². The molecule has 0 atom stereocenters. The molecule has 2 aromatic carbocycles. The molecule has 0 unspecified atom stereocenters. The van der Waals surface area contributed by atoms with Gasteiger partial charge < -0.3 is 19.5 Å². The lowest BCUT2D eigenvalue weighted by atomic mass is 10.1. The fraction of sp³-hybridized carbons (Fsp3) is 0.222. The molecule has 0 radical (unpaired) electrons. The smallest absolute Gasteiger partial charge is 0.259 e. The molecule has 0 saturated heterocycles. The van der Waals surface area contributed by atoms with Crippen molar-refractivity contribution in [3.63, 3.8) is 0 Å². The van der Waals surface area contributed by atoms with Crippen molar-refractivity contribution >= 4 is 44.9 Å². The highest BCUT2D eigenvalue weighted by Crippen LogP contribution is 2.35. The molecule has 1 heterocycles. The summed E-state index contributed by atoms with van der Waals surface area (Å²) in [7, 11) is 4.56. The normalized spacial score (nSPS) is 10.6. The number of aromatic nitrogens is 1. The molecule has 0 saturated carbocycles. The first kappa shape index (κ1) is 18.3. The van der Waals surface area contributed by atoms with Crippen molar-refractivity contribution < 1.29 is 19.0 Å². The van der Waals surface area contributed by atoms with Gasteiger partial charge in [-0.1, -0.05) is 11.8 Å². The third-order valence-corrected chi connectivity index (χ3v) is 5.75. The van der Waals surface area contributed by atoms with Crippen LogP contribution in [0.2, 0.25) is 0 Å². The van der Waals surface area contributed by atoms with Crippen LogP contribution in [0.25, 0.3) is 10.2 Å². The lowest BCUT2D eigenvalue weighted by molar-refractivity contribution is 0.102. The first-order chi connectivity index (χ1) is 12.6. The monoisotopic (exact) mass is 390 g/mol. The van der Waals surface area contributed by atoms with E-state index in [1.165, 1.54) is 21.3 Å². The maximum absolute atomic E-state index is 12.8. The van der Waals surface area contributed by atoms with E-state index in [9.17, 15) is 4.79 Å². The molecule has 0 fully saturated rings. The number of hydrogen-bond donors (Lipinski definition) is 1. The number of benzene rings is 2. The standard InChI is InChI=1S/C18H18N2O4S2/c1-22-13-9-15(24-3)14(23-2)8-11(13)17(21)19-10-5-6-12-16(7-10)26-18(20-12)25-4/h5-9H,1-4H3,(H,19,21). The molecular formula is C18H18N2O4S2. The fourth-order valence-electron chi connectivity index (χ4n) is 2.47. The number of nitrogens with one attached hydrogen (secondary N) is 1. The summed E-state index contributed by atoms with van der Waals surface area (Å²) in [4.78, 5) is 17.3. The number of thioether (sulfide) groups is 1. The SMILES string of the molecule is COc1cc(OC)c(C(=O)Nc2ccc3nc(SC)sc3c2)cc1OC. The summed E-state index contributed by atoms with van der Waals surface area (Å²) in [6.45, 7) is 0. The number of rotatable bonds is 6. The van der Waals surface area contributed by atoms with Gasteiger partial charge in [0, 0.05) is 17.8 Å². The number of nitrogens with zero attached hydrogens (tertiary/aromatic N) is 1. The second-order valence-electron chi connectivity index (χ2n) is 5.23. The number of carbonyl (C=O) groups excluding carboxylic acids is 1. The van der Waals surface area contributed by atoms with Gasteiger partial charge in [0.15, 0.2) is 15.8 Å².